The second-order valence-electron chi connectivity index (χ2n) is 7.79. The zero-order chi connectivity index (χ0) is 18.8. The van der Waals surface area contributed by atoms with E-state index in [1.165, 1.54) is 31.2 Å². The quantitative estimate of drug-likeness (QED) is 0.441. The summed E-state index contributed by atoms with van der Waals surface area (Å²) in [7, 11) is 0. The largest absolute Gasteiger partial charge is 0.465 e. The molecule has 1 aromatic carbocycles. The van der Waals surface area contributed by atoms with Crippen molar-refractivity contribution in [3.63, 3.8) is 0 Å². The monoisotopic (exact) mass is 360 g/mol. The van der Waals surface area contributed by atoms with Crippen LogP contribution in [0.4, 0.5) is 0 Å². The molecular formula is C23H36O3. The maximum atomic E-state index is 12.3. The highest BCUT2D eigenvalue weighted by molar-refractivity contribution is 5.72. The molecule has 26 heavy (non-hydrogen) atoms. The van der Waals surface area contributed by atoms with E-state index in [1.54, 1.807) is 0 Å². The lowest BCUT2D eigenvalue weighted by Gasteiger charge is -2.35. The molecule has 1 N–H and O–H groups in total. The van der Waals surface area contributed by atoms with E-state index in [4.69, 9.17) is 4.74 Å². The Morgan fingerprint density at radius 1 is 1.04 bits per heavy atom. The predicted molar refractivity (Wildman–Crippen MR) is 106 cm³/mol. The standard InChI is InChI=1S/C23H36O3/c1-3-5-6-7-8-9-18-26-22(24)20-14-16-23(25,17-15-20)21-12-10-19(4-2)11-13-21/h10-13,20,25H,3-9,14-18H2,1-2H3. The highest BCUT2D eigenvalue weighted by Gasteiger charge is 2.37. The summed E-state index contributed by atoms with van der Waals surface area (Å²) in [5, 5.41) is 11.0. The Hall–Kier alpha value is -1.35. The van der Waals surface area contributed by atoms with E-state index in [1.807, 2.05) is 12.1 Å². The van der Waals surface area contributed by atoms with Crippen LogP contribution < -0.4 is 0 Å². The number of aryl methyl sites for hydroxylation is 1. The molecule has 0 amide bonds. The Kier molecular flexibility index (Phi) is 8.64. The van der Waals surface area contributed by atoms with Crippen LogP contribution in [0, 0.1) is 5.92 Å². The number of rotatable bonds is 10. The van der Waals surface area contributed by atoms with Crippen molar-refractivity contribution >= 4 is 5.97 Å². The molecular weight excluding hydrogens is 324 g/mol. The second-order valence-corrected chi connectivity index (χ2v) is 7.79. The fourth-order valence-corrected chi connectivity index (χ4v) is 3.84. The van der Waals surface area contributed by atoms with Crippen LogP contribution in [0.2, 0.25) is 0 Å². The van der Waals surface area contributed by atoms with Gasteiger partial charge in [0.2, 0.25) is 0 Å². The Morgan fingerprint density at radius 3 is 2.27 bits per heavy atom. The molecule has 1 aliphatic carbocycles. The highest BCUT2D eigenvalue weighted by atomic mass is 16.5. The van der Waals surface area contributed by atoms with Gasteiger partial charge in [-0.3, -0.25) is 4.79 Å². The molecule has 1 fully saturated rings. The minimum Gasteiger partial charge on any atom is -0.465 e. The average molecular weight is 361 g/mol. The Labute approximate surface area is 159 Å². The van der Waals surface area contributed by atoms with Gasteiger partial charge in [-0.25, -0.2) is 0 Å². The van der Waals surface area contributed by atoms with E-state index in [-0.39, 0.29) is 11.9 Å². The number of hydrogen-bond acceptors (Lipinski definition) is 3. The van der Waals surface area contributed by atoms with Crippen LogP contribution in [-0.2, 0) is 21.6 Å². The van der Waals surface area contributed by atoms with Crippen LogP contribution >= 0.6 is 0 Å². The molecule has 3 heteroatoms. The van der Waals surface area contributed by atoms with Gasteiger partial charge in [-0.1, -0.05) is 70.2 Å². The second kappa shape index (κ2) is 10.7. The van der Waals surface area contributed by atoms with Crippen molar-refractivity contribution in [2.75, 3.05) is 6.61 Å². The summed E-state index contributed by atoms with van der Waals surface area (Å²) in [6, 6.07) is 8.26. The molecule has 0 heterocycles. The Balaban J connectivity index is 1.70. The summed E-state index contributed by atoms with van der Waals surface area (Å²) < 4.78 is 5.47. The Bertz CT molecular complexity index is 527. The van der Waals surface area contributed by atoms with Crippen LogP contribution in [0.5, 0.6) is 0 Å². The van der Waals surface area contributed by atoms with Crippen molar-refractivity contribution in [2.24, 2.45) is 5.92 Å². The lowest BCUT2D eigenvalue weighted by Crippen LogP contribution is -2.34. The molecule has 0 radical (unpaired) electrons. The molecule has 0 bridgehead atoms. The van der Waals surface area contributed by atoms with E-state index < -0.39 is 5.60 Å². The summed E-state index contributed by atoms with van der Waals surface area (Å²) in [5.41, 5.74) is 1.47. The van der Waals surface area contributed by atoms with Gasteiger partial charge in [0, 0.05) is 0 Å². The van der Waals surface area contributed by atoms with Crippen LogP contribution in [0.25, 0.3) is 0 Å². The highest BCUT2D eigenvalue weighted by Crippen LogP contribution is 2.40. The first-order chi connectivity index (χ1) is 12.6. The zero-order valence-electron chi connectivity index (χ0n) is 16.6. The van der Waals surface area contributed by atoms with E-state index in [0.29, 0.717) is 32.3 Å². The van der Waals surface area contributed by atoms with Crippen molar-refractivity contribution < 1.29 is 14.6 Å². The zero-order valence-corrected chi connectivity index (χ0v) is 16.6. The van der Waals surface area contributed by atoms with E-state index in [0.717, 1.165) is 24.8 Å². The molecule has 0 saturated heterocycles. The van der Waals surface area contributed by atoms with Gasteiger partial charge in [0.25, 0.3) is 0 Å². The van der Waals surface area contributed by atoms with Crippen LogP contribution in [0.15, 0.2) is 24.3 Å². The lowest BCUT2D eigenvalue weighted by atomic mass is 9.75. The summed E-state index contributed by atoms with van der Waals surface area (Å²) >= 11 is 0. The SMILES string of the molecule is CCCCCCCCOC(=O)C1CCC(O)(c2ccc(CC)cc2)CC1. The summed E-state index contributed by atoms with van der Waals surface area (Å²) in [6.07, 6.45) is 10.9. The molecule has 2 rings (SSSR count). The smallest absolute Gasteiger partial charge is 0.308 e. The molecule has 0 atom stereocenters. The summed E-state index contributed by atoms with van der Waals surface area (Å²) in [4.78, 5) is 12.3. The number of ether oxygens (including phenoxy) is 1. The molecule has 146 valence electrons. The number of unbranched alkanes of at least 4 members (excludes halogenated alkanes) is 5. The van der Waals surface area contributed by atoms with Crippen molar-refractivity contribution in [2.45, 2.75) is 90.1 Å². The fraction of sp³-hybridized carbons (Fsp3) is 0.696. The molecule has 0 aromatic heterocycles. The van der Waals surface area contributed by atoms with Gasteiger partial charge < -0.3 is 9.84 Å². The van der Waals surface area contributed by atoms with Crippen molar-refractivity contribution in [1.29, 1.82) is 0 Å². The maximum Gasteiger partial charge on any atom is 0.308 e. The minimum absolute atomic E-state index is 0.0507. The van der Waals surface area contributed by atoms with E-state index in [2.05, 4.69) is 26.0 Å². The third kappa shape index (κ3) is 6.12. The molecule has 1 aliphatic rings. The van der Waals surface area contributed by atoms with Crippen LogP contribution in [0.1, 0.15) is 89.2 Å². The number of carbonyl (C=O) groups is 1. The lowest BCUT2D eigenvalue weighted by molar-refractivity contribution is -0.152. The van der Waals surface area contributed by atoms with Gasteiger partial charge in [-0.2, -0.15) is 0 Å². The van der Waals surface area contributed by atoms with Gasteiger partial charge in [-0.05, 0) is 49.7 Å². The van der Waals surface area contributed by atoms with Crippen LogP contribution in [0.3, 0.4) is 0 Å². The van der Waals surface area contributed by atoms with Gasteiger partial charge in [-0.15, -0.1) is 0 Å². The maximum absolute atomic E-state index is 12.3. The predicted octanol–water partition coefficient (Wildman–Crippen LogP) is 5.53. The van der Waals surface area contributed by atoms with Gasteiger partial charge >= 0.3 is 5.97 Å². The molecule has 1 aromatic rings. The molecule has 0 aliphatic heterocycles. The molecule has 0 unspecified atom stereocenters. The Morgan fingerprint density at radius 2 is 1.65 bits per heavy atom. The third-order valence-electron chi connectivity index (χ3n) is 5.79. The number of aliphatic hydroxyl groups is 1. The molecule has 0 spiro atoms. The van der Waals surface area contributed by atoms with E-state index >= 15 is 0 Å². The van der Waals surface area contributed by atoms with Gasteiger partial charge in [0.05, 0.1) is 18.1 Å². The number of benzene rings is 1. The first-order valence-electron chi connectivity index (χ1n) is 10.6. The first kappa shape index (κ1) is 21.0. The summed E-state index contributed by atoms with van der Waals surface area (Å²) in [6.45, 7) is 4.89. The minimum atomic E-state index is -0.789. The number of carbonyl (C=O) groups excluding carboxylic acids is 1. The number of esters is 1. The topological polar surface area (TPSA) is 46.5 Å². The molecule has 1 saturated carbocycles. The van der Waals surface area contributed by atoms with E-state index in [9.17, 15) is 9.90 Å². The normalized spacial score (nSPS) is 23.0. The van der Waals surface area contributed by atoms with Gasteiger partial charge in [0.15, 0.2) is 0 Å². The van der Waals surface area contributed by atoms with Gasteiger partial charge in [0.1, 0.15) is 0 Å². The van der Waals surface area contributed by atoms with Crippen LogP contribution in [-0.4, -0.2) is 17.7 Å². The van der Waals surface area contributed by atoms with Crippen molar-refractivity contribution in [3.8, 4) is 0 Å². The summed E-state index contributed by atoms with van der Waals surface area (Å²) in [5.74, 6) is -0.118. The first-order valence-corrected chi connectivity index (χ1v) is 10.6. The third-order valence-corrected chi connectivity index (χ3v) is 5.79. The number of hydrogen-bond donors (Lipinski definition) is 1. The molecule has 3 nitrogen and oxygen atoms in total. The van der Waals surface area contributed by atoms with Crippen molar-refractivity contribution in [3.05, 3.63) is 35.4 Å². The fourth-order valence-electron chi connectivity index (χ4n) is 3.84. The van der Waals surface area contributed by atoms with Crippen molar-refractivity contribution in [1.82, 2.24) is 0 Å². The average Bonchev–Trinajstić information content (AvgIpc) is 2.67.